The molecule has 4 rings (SSSR count). The summed E-state index contributed by atoms with van der Waals surface area (Å²) in [6, 6.07) is 7.11. The zero-order chi connectivity index (χ0) is 17.6. The summed E-state index contributed by atoms with van der Waals surface area (Å²) in [5.41, 5.74) is 1.12. The van der Waals surface area contributed by atoms with Gasteiger partial charge in [0.25, 0.3) is 5.91 Å². The molecule has 1 aliphatic carbocycles. The van der Waals surface area contributed by atoms with Gasteiger partial charge in [0.1, 0.15) is 6.04 Å². The van der Waals surface area contributed by atoms with Crippen LogP contribution in [0.3, 0.4) is 0 Å². The van der Waals surface area contributed by atoms with Crippen LogP contribution in [-0.2, 0) is 11.3 Å². The molecule has 0 aromatic heterocycles. The zero-order valence-corrected chi connectivity index (χ0v) is 14.8. The summed E-state index contributed by atoms with van der Waals surface area (Å²) < 4.78 is 0. The van der Waals surface area contributed by atoms with Crippen molar-refractivity contribution in [3.8, 4) is 0 Å². The Kier molecular flexibility index (Phi) is 4.07. The van der Waals surface area contributed by atoms with Crippen molar-refractivity contribution in [2.45, 2.75) is 57.2 Å². The Morgan fingerprint density at radius 1 is 1.28 bits per heavy atom. The van der Waals surface area contributed by atoms with E-state index in [1.54, 1.807) is 4.90 Å². The van der Waals surface area contributed by atoms with Crippen LogP contribution in [0.25, 0.3) is 0 Å². The van der Waals surface area contributed by atoms with Gasteiger partial charge in [-0.1, -0.05) is 31.0 Å². The van der Waals surface area contributed by atoms with Gasteiger partial charge >= 0.3 is 0 Å². The lowest BCUT2D eigenvalue weighted by molar-refractivity contribution is -0.147. The van der Waals surface area contributed by atoms with Gasteiger partial charge in [0.05, 0.1) is 5.60 Å². The molecule has 3 unspecified atom stereocenters. The fourth-order valence-electron chi connectivity index (χ4n) is 4.76. The van der Waals surface area contributed by atoms with Gasteiger partial charge < -0.3 is 14.9 Å². The smallest absolute Gasteiger partial charge is 0.255 e. The first-order chi connectivity index (χ1) is 12.0. The van der Waals surface area contributed by atoms with E-state index >= 15 is 0 Å². The van der Waals surface area contributed by atoms with Gasteiger partial charge in [-0.25, -0.2) is 0 Å². The summed E-state index contributed by atoms with van der Waals surface area (Å²) in [5, 5.41) is 10.8. The van der Waals surface area contributed by atoms with Crippen molar-refractivity contribution in [3.63, 3.8) is 0 Å². The second-order valence-electron chi connectivity index (χ2n) is 7.85. The highest BCUT2D eigenvalue weighted by Crippen LogP contribution is 2.40. The molecule has 5 heteroatoms. The largest absolute Gasteiger partial charge is 0.389 e. The number of nitrogens with zero attached hydrogens (tertiary/aromatic N) is 2. The Bertz CT molecular complexity index is 704. The summed E-state index contributed by atoms with van der Waals surface area (Å²) in [6.45, 7) is 3.54. The number of benzene rings is 1. The van der Waals surface area contributed by atoms with Crippen LogP contribution >= 0.6 is 0 Å². The van der Waals surface area contributed by atoms with Gasteiger partial charge in [-0.2, -0.15) is 0 Å². The van der Waals surface area contributed by atoms with Gasteiger partial charge in [-0.3, -0.25) is 9.59 Å². The number of aliphatic hydroxyl groups is 1. The second-order valence-corrected chi connectivity index (χ2v) is 7.85. The molecule has 2 aliphatic heterocycles. The predicted molar refractivity (Wildman–Crippen MR) is 93.9 cm³/mol. The van der Waals surface area contributed by atoms with Crippen LogP contribution in [0.4, 0.5) is 0 Å². The highest BCUT2D eigenvalue weighted by molar-refractivity contribution is 6.01. The SMILES string of the molecule is CC(C(=O)N1CCC2(O)CCCCC2C1)N1Cc2ccccc2C1=O. The van der Waals surface area contributed by atoms with Gasteiger partial charge in [-0.05, 0) is 37.8 Å². The number of hydrogen-bond acceptors (Lipinski definition) is 3. The van der Waals surface area contributed by atoms with Crippen LogP contribution in [0.2, 0.25) is 0 Å². The number of carbonyl (C=O) groups is 2. The van der Waals surface area contributed by atoms with Gasteiger partial charge in [-0.15, -0.1) is 0 Å². The fourth-order valence-corrected chi connectivity index (χ4v) is 4.76. The lowest BCUT2D eigenvalue weighted by Crippen LogP contribution is -2.57. The van der Waals surface area contributed by atoms with E-state index in [0.717, 1.165) is 31.2 Å². The molecule has 0 bridgehead atoms. The Morgan fingerprint density at radius 2 is 2.08 bits per heavy atom. The summed E-state index contributed by atoms with van der Waals surface area (Å²) in [6.07, 6.45) is 4.71. The maximum Gasteiger partial charge on any atom is 0.255 e. The monoisotopic (exact) mass is 342 g/mol. The van der Waals surface area contributed by atoms with Crippen molar-refractivity contribution in [2.24, 2.45) is 5.92 Å². The molecule has 0 radical (unpaired) electrons. The van der Waals surface area contributed by atoms with Crippen molar-refractivity contribution < 1.29 is 14.7 Å². The Morgan fingerprint density at radius 3 is 2.88 bits per heavy atom. The maximum absolute atomic E-state index is 13.0. The molecule has 25 heavy (non-hydrogen) atoms. The second kappa shape index (κ2) is 6.13. The Balaban J connectivity index is 1.46. The van der Waals surface area contributed by atoms with Crippen LogP contribution in [-0.4, -0.2) is 51.5 Å². The number of hydrogen-bond donors (Lipinski definition) is 1. The molecular weight excluding hydrogens is 316 g/mol. The molecule has 1 aromatic rings. The molecule has 2 amide bonds. The Labute approximate surface area is 148 Å². The van der Waals surface area contributed by atoms with Crippen LogP contribution in [0.5, 0.6) is 0 Å². The molecule has 0 spiro atoms. The van der Waals surface area contributed by atoms with Crippen LogP contribution in [0.15, 0.2) is 24.3 Å². The van der Waals surface area contributed by atoms with E-state index in [1.165, 1.54) is 0 Å². The molecule has 5 nitrogen and oxygen atoms in total. The molecule has 2 heterocycles. The molecular formula is C20H26N2O3. The average Bonchev–Trinajstić information content (AvgIpc) is 2.97. The number of piperidine rings is 1. The summed E-state index contributed by atoms with van der Waals surface area (Å²) in [7, 11) is 0. The molecule has 134 valence electrons. The highest BCUT2D eigenvalue weighted by Gasteiger charge is 2.45. The van der Waals surface area contributed by atoms with E-state index in [4.69, 9.17) is 0 Å². The first kappa shape index (κ1) is 16.6. The molecule has 1 aromatic carbocycles. The normalized spacial score (nSPS) is 30.0. The summed E-state index contributed by atoms with van der Waals surface area (Å²) in [5.74, 6) is 0.133. The molecule has 3 aliphatic rings. The number of carbonyl (C=O) groups excluding carboxylic acids is 2. The number of amides is 2. The van der Waals surface area contributed by atoms with E-state index in [0.29, 0.717) is 31.6 Å². The van der Waals surface area contributed by atoms with E-state index in [2.05, 4.69) is 0 Å². The van der Waals surface area contributed by atoms with E-state index < -0.39 is 11.6 Å². The van der Waals surface area contributed by atoms with Gasteiger partial charge in [0.2, 0.25) is 5.91 Å². The summed E-state index contributed by atoms with van der Waals surface area (Å²) in [4.78, 5) is 29.2. The van der Waals surface area contributed by atoms with Crippen molar-refractivity contribution in [2.75, 3.05) is 13.1 Å². The van der Waals surface area contributed by atoms with Crippen LogP contribution in [0, 0.1) is 5.92 Å². The van der Waals surface area contributed by atoms with E-state index in [-0.39, 0.29) is 17.7 Å². The van der Waals surface area contributed by atoms with Crippen LogP contribution in [0.1, 0.15) is 54.9 Å². The minimum absolute atomic E-state index is 0.00813. The number of rotatable bonds is 2. The molecule has 1 N–H and O–H groups in total. The molecule has 2 fully saturated rings. The maximum atomic E-state index is 13.0. The topological polar surface area (TPSA) is 60.9 Å². The lowest BCUT2D eigenvalue weighted by atomic mass is 9.71. The lowest BCUT2D eigenvalue weighted by Gasteiger charge is -2.48. The van der Waals surface area contributed by atoms with Crippen LogP contribution < -0.4 is 0 Å². The first-order valence-electron chi connectivity index (χ1n) is 9.40. The van der Waals surface area contributed by atoms with Crippen molar-refractivity contribution in [3.05, 3.63) is 35.4 Å². The Hall–Kier alpha value is -1.88. The highest BCUT2D eigenvalue weighted by atomic mass is 16.3. The third kappa shape index (κ3) is 2.74. The molecule has 1 saturated carbocycles. The third-order valence-corrected chi connectivity index (χ3v) is 6.41. The molecule has 1 saturated heterocycles. The van der Waals surface area contributed by atoms with E-state index in [9.17, 15) is 14.7 Å². The van der Waals surface area contributed by atoms with Crippen molar-refractivity contribution >= 4 is 11.8 Å². The third-order valence-electron chi connectivity index (χ3n) is 6.41. The summed E-state index contributed by atoms with van der Waals surface area (Å²) >= 11 is 0. The molecule has 3 atom stereocenters. The van der Waals surface area contributed by atoms with Gasteiger partial charge in [0, 0.05) is 31.1 Å². The zero-order valence-electron chi connectivity index (χ0n) is 14.8. The average molecular weight is 342 g/mol. The number of fused-ring (bicyclic) bond motifs is 2. The minimum Gasteiger partial charge on any atom is -0.389 e. The van der Waals surface area contributed by atoms with E-state index in [1.807, 2.05) is 36.1 Å². The van der Waals surface area contributed by atoms with Crippen molar-refractivity contribution in [1.82, 2.24) is 9.80 Å². The quantitative estimate of drug-likeness (QED) is 0.896. The van der Waals surface area contributed by atoms with Gasteiger partial charge in [0.15, 0.2) is 0 Å². The first-order valence-corrected chi connectivity index (χ1v) is 9.40. The fraction of sp³-hybridized carbons (Fsp3) is 0.600. The van der Waals surface area contributed by atoms with Crippen molar-refractivity contribution in [1.29, 1.82) is 0 Å². The predicted octanol–water partition coefficient (Wildman–Crippen LogP) is 2.18. The number of likely N-dealkylation sites (tertiary alicyclic amines) is 1. The minimum atomic E-state index is -0.585. The standard InChI is InChI=1S/C20H26N2O3/c1-14(22-12-15-6-2-3-8-17(15)19(22)24)18(23)21-11-10-20(25)9-5-4-7-16(20)13-21/h2-3,6,8,14,16,25H,4-5,7,9-13H2,1H3.